The van der Waals surface area contributed by atoms with Crippen LogP contribution in [0.5, 0.6) is 5.75 Å². The zero-order valence-corrected chi connectivity index (χ0v) is 27.1. The Labute approximate surface area is 286 Å². The highest BCUT2D eigenvalue weighted by atomic mass is 16.7. The Morgan fingerprint density at radius 2 is 0.959 bits per heavy atom. The van der Waals surface area contributed by atoms with Crippen molar-refractivity contribution in [1.82, 2.24) is 0 Å². The number of ether oxygens (including phenoxy) is 6. The minimum Gasteiger partial charge on any atom is -0.507 e. The molecule has 1 fully saturated rings. The smallest absolute Gasteiger partial charge is 0.344 e. The van der Waals surface area contributed by atoms with E-state index in [0.29, 0.717) is 6.61 Å². The third kappa shape index (κ3) is 9.63. The van der Waals surface area contributed by atoms with Crippen molar-refractivity contribution in [2.24, 2.45) is 0 Å². The molecule has 1 aliphatic heterocycles. The van der Waals surface area contributed by atoms with Crippen LogP contribution < -0.4 is 0 Å². The molecule has 5 aromatic carbocycles. The summed E-state index contributed by atoms with van der Waals surface area (Å²) in [7, 11) is 0. The molecule has 1 aliphatic rings. The Hall–Kier alpha value is -4.83. The first-order valence-electron chi connectivity index (χ1n) is 16.4. The highest BCUT2D eigenvalue weighted by Crippen LogP contribution is 2.32. The fourth-order valence-electron chi connectivity index (χ4n) is 5.66. The van der Waals surface area contributed by atoms with Crippen molar-refractivity contribution in [3.63, 3.8) is 0 Å². The van der Waals surface area contributed by atoms with Gasteiger partial charge >= 0.3 is 5.97 Å². The molecule has 1 saturated heterocycles. The first-order chi connectivity index (χ1) is 24.1. The van der Waals surface area contributed by atoms with Gasteiger partial charge in [-0.05, 0) is 34.4 Å². The van der Waals surface area contributed by atoms with Crippen LogP contribution in [0.15, 0.2) is 146 Å². The van der Waals surface area contributed by atoms with Gasteiger partial charge in [-0.1, -0.05) is 133 Å². The van der Waals surface area contributed by atoms with E-state index in [9.17, 15) is 9.90 Å². The molecule has 0 aliphatic carbocycles. The fourth-order valence-corrected chi connectivity index (χ4v) is 5.66. The Bertz CT molecular complexity index is 1700. The molecule has 0 radical (unpaired) electrons. The zero-order chi connectivity index (χ0) is 33.7. The normalized spacial score (nSPS) is 20.4. The molecule has 1 N–H and O–H groups in total. The predicted molar refractivity (Wildman–Crippen MR) is 183 cm³/mol. The van der Waals surface area contributed by atoms with Crippen LogP contribution in [-0.4, -0.2) is 48.4 Å². The maximum atomic E-state index is 13.5. The van der Waals surface area contributed by atoms with Gasteiger partial charge in [0.05, 0.1) is 33.0 Å². The summed E-state index contributed by atoms with van der Waals surface area (Å²) >= 11 is 0. The van der Waals surface area contributed by atoms with E-state index in [0.717, 1.165) is 22.3 Å². The van der Waals surface area contributed by atoms with E-state index in [1.165, 1.54) is 12.1 Å². The van der Waals surface area contributed by atoms with Crippen molar-refractivity contribution in [3.05, 3.63) is 173 Å². The van der Waals surface area contributed by atoms with Crippen molar-refractivity contribution >= 4 is 5.97 Å². The highest BCUT2D eigenvalue weighted by molar-refractivity contribution is 5.92. The van der Waals surface area contributed by atoms with Gasteiger partial charge in [-0.2, -0.15) is 0 Å². The maximum absolute atomic E-state index is 13.5. The lowest BCUT2D eigenvalue weighted by Gasteiger charge is -2.45. The Morgan fingerprint density at radius 1 is 0.531 bits per heavy atom. The van der Waals surface area contributed by atoms with Crippen LogP contribution >= 0.6 is 0 Å². The summed E-state index contributed by atoms with van der Waals surface area (Å²) in [6.07, 6.45) is -4.29. The van der Waals surface area contributed by atoms with Crippen LogP contribution in [0, 0.1) is 0 Å². The molecule has 0 bridgehead atoms. The minimum atomic E-state index is -1.22. The second kappa shape index (κ2) is 17.5. The number of phenols is 1. The summed E-state index contributed by atoms with van der Waals surface area (Å²) in [5.74, 6) is -0.959. The van der Waals surface area contributed by atoms with E-state index < -0.39 is 36.7 Å². The van der Waals surface area contributed by atoms with Gasteiger partial charge in [-0.25, -0.2) is 4.79 Å². The molecule has 8 nitrogen and oxygen atoms in total. The summed E-state index contributed by atoms with van der Waals surface area (Å²) in [5.41, 5.74) is 3.86. The molecule has 252 valence electrons. The number of hydrogen-bond acceptors (Lipinski definition) is 8. The zero-order valence-electron chi connectivity index (χ0n) is 27.1. The number of carbonyl (C=O) groups is 1. The van der Waals surface area contributed by atoms with E-state index in [1.54, 1.807) is 12.1 Å². The van der Waals surface area contributed by atoms with Gasteiger partial charge in [0.2, 0.25) is 6.29 Å². The molecule has 8 heteroatoms. The van der Waals surface area contributed by atoms with Crippen LogP contribution in [-0.2, 0) is 54.8 Å². The number of phenolic OH excluding ortho intramolecular Hbond substituents is 1. The summed E-state index contributed by atoms with van der Waals surface area (Å²) in [6.45, 7) is 1.20. The van der Waals surface area contributed by atoms with Crippen molar-refractivity contribution in [2.75, 3.05) is 6.61 Å². The van der Waals surface area contributed by atoms with Gasteiger partial charge in [-0.3, -0.25) is 0 Å². The SMILES string of the molecule is O=C(O[C@@H]1O[C@H](COCc2ccccc2)[C@@H](OCc2ccccc2)[C@H](OCc2ccccc2)[C@H]1OCc1ccccc1)c1ccccc1O. The van der Waals surface area contributed by atoms with Gasteiger partial charge in [-0.15, -0.1) is 0 Å². The number of benzene rings is 5. The fraction of sp³-hybridized carbons (Fsp3) is 0.244. The van der Waals surface area contributed by atoms with E-state index in [2.05, 4.69) is 0 Å². The van der Waals surface area contributed by atoms with Crippen molar-refractivity contribution in [2.45, 2.75) is 57.1 Å². The number of rotatable bonds is 15. The first kappa shape index (κ1) is 34.0. The van der Waals surface area contributed by atoms with Crippen LogP contribution in [0.25, 0.3) is 0 Å². The average molecular weight is 661 g/mol. The Kier molecular flexibility index (Phi) is 12.2. The molecule has 5 aromatic rings. The van der Waals surface area contributed by atoms with Gasteiger partial charge < -0.3 is 33.5 Å². The second-order valence-corrected chi connectivity index (χ2v) is 11.7. The molecule has 49 heavy (non-hydrogen) atoms. The molecule has 6 rings (SSSR count). The van der Waals surface area contributed by atoms with Crippen molar-refractivity contribution in [3.8, 4) is 5.75 Å². The second-order valence-electron chi connectivity index (χ2n) is 11.7. The third-order valence-corrected chi connectivity index (χ3v) is 8.19. The quantitative estimate of drug-likeness (QED) is 0.118. The first-order valence-corrected chi connectivity index (χ1v) is 16.4. The van der Waals surface area contributed by atoms with Crippen LogP contribution in [0.4, 0.5) is 0 Å². The van der Waals surface area contributed by atoms with Gasteiger partial charge in [0.1, 0.15) is 35.7 Å². The van der Waals surface area contributed by atoms with Crippen LogP contribution in [0.1, 0.15) is 32.6 Å². The van der Waals surface area contributed by atoms with Crippen molar-refractivity contribution < 1.29 is 38.3 Å². The van der Waals surface area contributed by atoms with E-state index in [-0.39, 0.29) is 37.7 Å². The number of esters is 1. The Balaban J connectivity index is 1.33. The van der Waals surface area contributed by atoms with Gasteiger partial charge in [0.15, 0.2) is 0 Å². The summed E-state index contributed by atoms with van der Waals surface area (Å²) < 4.78 is 38.6. The number of para-hydroxylation sites is 1. The average Bonchev–Trinajstić information content (AvgIpc) is 3.15. The number of aromatic hydroxyl groups is 1. The van der Waals surface area contributed by atoms with Gasteiger partial charge in [0, 0.05) is 0 Å². The van der Waals surface area contributed by atoms with Gasteiger partial charge in [0.25, 0.3) is 0 Å². The molecule has 1 heterocycles. The maximum Gasteiger partial charge on any atom is 0.344 e. The molecule has 0 spiro atoms. The largest absolute Gasteiger partial charge is 0.507 e. The van der Waals surface area contributed by atoms with E-state index in [4.69, 9.17) is 28.4 Å². The summed E-state index contributed by atoms with van der Waals surface area (Å²) in [4.78, 5) is 13.5. The number of hydrogen-bond donors (Lipinski definition) is 1. The molecule has 0 aromatic heterocycles. The molecular formula is C41H40O8. The van der Waals surface area contributed by atoms with Crippen LogP contribution in [0.3, 0.4) is 0 Å². The lowest BCUT2D eigenvalue weighted by molar-refractivity contribution is -0.315. The Morgan fingerprint density at radius 3 is 1.47 bits per heavy atom. The molecule has 0 unspecified atom stereocenters. The highest BCUT2D eigenvalue weighted by Gasteiger charge is 2.50. The molecular weight excluding hydrogens is 620 g/mol. The number of carbonyl (C=O) groups excluding carboxylic acids is 1. The lowest BCUT2D eigenvalue weighted by atomic mass is 9.97. The molecule has 5 atom stereocenters. The van der Waals surface area contributed by atoms with E-state index in [1.807, 2.05) is 121 Å². The van der Waals surface area contributed by atoms with Crippen molar-refractivity contribution in [1.29, 1.82) is 0 Å². The lowest BCUT2D eigenvalue weighted by Crippen LogP contribution is -2.62. The third-order valence-electron chi connectivity index (χ3n) is 8.19. The summed E-state index contributed by atoms with van der Waals surface area (Å²) in [6, 6.07) is 45.4. The summed E-state index contributed by atoms with van der Waals surface area (Å²) in [5, 5.41) is 10.4. The standard InChI is InChI=1S/C41H40O8/c42-35-24-14-13-23-34(35)40(43)49-41-39(47-28-33-21-11-4-12-22-33)38(46-27-32-19-9-3-10-20-32)37(45-26-31-17-7-2-8-18-31)36(48-41)29-44-25-30-15-5-1-6-16-30/h1-24,36-39,41-42H,25-29H2/t36-,37-,38+,39-,41+/m1/s1. The van der Waals surface area contributed by atoms with E-state index >= 15 is 0 Å². The molecule has 0 amide bonds. The molecule has 0 saturated carbocycles. The minimum absolute atomic E-state index is 0.00833. The topological polar surface area (TPSA) is 92.7 Å². The predicted octanol–water partition coefficient (Wildman–Crippen LogP) is 7.25. The van der Waals surface area contributed by atoms with Crippen LogP contribution in [0.2, 0.25) is 0 Å². The monoisotopic (exact) mass is 660 g/mol.